The lowest BCUT2D eigenvalue weighted by atomic mass is 10.2. The van der Waals surface area contributed by atoms with Gasteiger partial charge in [-0.15, -0.1) is 11.3 Å². The number of amides is 1. The summed E-state index contributed by atoms with van der Waals surface area (Å²) in [4.78, 5) is 16.5. The van der Waals surface area contributed by atoms with E-state index in [1.165, 1.54) is 18.4 Å². The van der Waals surface area contributed by atoms with Crippen LogP contribution in [-0.2, 0) is 0 Å². The van der Waals surface area contributed by atoms with E-state index in [4.69, 9.17) is 10.5 Å². The molecule has 1 amide bonds. The van der Waals surface area contributed by atoms with Crippen LogP contribution in [0, 0.1) is 0 Å². The molecule has 0 aliphatic carbocycles. The molecular weight excluding hydrogens is 274 g/mol. The van der Waals surface area contributed by atoms with Gasteiger partial charge in [-0.2, -0.15) is 0 Å². The number of nitrogens with two attached hydrogens (primary N) is 1. The molecule has 1 heterocycles. The lowest BCUT2D eigenvalue weighted by molar-refractivity contribution is 0.102. The second-order valence-corrected chi connectivity index (χ2v) is 5.54. The van der Waals surface area contributed by atoms with E-state index in [1.54, 1.807) is 18.2 Å². The number of hydrogen-bond donors (Lipinski definition) is 2. The zero-order valence-electron chi connectivity index (χ0n) is 11.6. The Kier molecular flexibility index (Phi) is 4.24. The number of methoxy groups -OCH3 is 1. The number of nitrogen functional groups attached to an aromatic ring is 1. The lowest BCUT2D eigenvalue weighted by Gasteiger charge is -2.06. The van der Waals surface area contributed by atoms with Crippen LogP contribution in [0.5, 0.6) is 5.75 Å². The third-order valence-electron chi connectivity index (χ3n) is 2.76. The number of rotatable bonds is 4. The summed E-state index contributed by atoms with van der Waals surface area (Å²) in [5.41, 5.74) is 7.64. The van der Waals surface area contributed by atoms with Gasteiger partial charge in [-0.25, -0.2) is 4.98 Å². The Morgan fingerprint density at radius 2 is 2.15 bits per heavy atom. The number of ether oxygens (including phenoxy) is 1. The fourth-order valence-electron chi connectivity index (χ4n) is 1.65. The van der Waals surface area contributed by atoms with E-state index < -0.39 is 0 Å². The smallest absolute Gasteiger partial charge is 0.257 e. The molecule has 0 atom stereocenters. The van der Waals surface area contributed by atoms with Crippen LogP contribution >= 0.6 is 11.3 Å². The van der Waals surface area contributed by atoms with Gasteiger partial charge >= 0.3 is 0 Å². The number of nitrogens with one attached hydrogen (secondary N) is 1. The Hall–Kier alpha value is -2.08. The van der Waals surface area contributed by atoms with Gasteiger partial charge in [0.2, 0.25) is 0 Å². The summed E-state index contributed by atoms with van der Waals surface area (Å²) in [5.74, 6) is 0.641. The molecule has 5 nitrogen and oxygen atoms in total. The molecule has 0 aliphatic heterocycles. The first-order valence-corrected chi connectivity index (χ1v) is 7.09. The van der Waals surface area contributed by atoms with Crippen molar-refractivity contribution in [3.63, 3.8) is 0 Å². The number of thiazole rings is 1. The van der Waals surface area contributed by atoms with Crippen LogP contribution in [0.4, 0.5) is 10.8 Å². The third kappa shape index (κ3) is 3.27. The van der Waals surface area contributed by atoms with Crippen molar-refractivity contribution >= 4 is 28.1 Å². The number of carbonyl (C=O) groups excluding carboxylic acids is 1. The summed E-state index contributed by atoms with van der Waals surface area (Å²) >= 11 is 1.41. The molecule has 0 radical (unpaired) electrons. The summed E-state index contributed by atoms with van der Waals surface area (Å²) in [7, 11) is 1.53. The molecule has 0 saturated carbocycles. The minimum absolute atomic E-state index is 0.250. The lowest BCUT2D eigenvalue weighted by Crippen LogP contribution is -2.12. The molecule has 2 rings (SSSR count). The van der Waals surface area contributed by atoms with Crippen molar-refractivity contribution in [3.8, 4) is 5.75 Å². The van der Waals surface area contributed by atoms with Crippen LogP contribution in [0.1, 0.15) is 35.8 Å². The van der Waals surface area contributed by atoms with E-state index in [2.05, 4.69) is 24.1 Å². The highest BCUT2D eigenvalue weighted by molar-refractivity contribution is 7.14. The van der Waals surface area contributed by atoms with E-state index in [1.807, 2.05) is 5.38 Å². The quantitative estimate of drug-likeness (QED) is 0.848. The molecule has 0 aliphatic rings. The molecule has 2 aromatic rings. The van der Waals surface area contributed by atoms with Crippen molar-refractivity contribution in [2.24, 2.45) is 0 Å². The predicted octanol–water partition coefficient (Wildman–Crippen LogP) is 3.11. The number of carbonyl (C=O) groups is 1. The van der Waals surface area contributed by atoms with Crippen molar-refractivity contribution in [3.05, 3.63) is 34.8 Å². The summed E-state index contributed by atoms with van der Waals surface area (Å²) in [6.45, 7) is 4.12. The normalized spacial score (nSPS) is 10.6. The molecule has 0 saturated heterocycles. The molecular formula is C14H17N3O2S. The second-order valence-electron chi connectivity index (χ2n) is 4.68. The van der Waals surface area contributed by atoms with Gasteiger partial charge in [-0.05, 0) is 18.1 Å². The maximum atomic E-state index is 12.2. The number of aromatic nitrogens is 1. The highest BCUT2D eigenvalue weighted by atomic mass is 32.1. The van der Waals surface area contributed by atoms with Crippen LogP contribution < -0.4 is 15.8 Å². The molecule has 0 bridgehead atoms. The van der Waals surface area contributed by atoms with Crippen LogP contribution in [0.3, 0.4) is 0 Å². The fraction of sp³-hybridized carbons (Fsp3) is 0.286. The second kappa shape index (κ2) is 5.92. The Labute approximate surface area is 121 Å². The SMILES string of the molecule is COc1cc(N)cc(C(=O)Nc2nc(C(C)C)cs2)c1. The maximum Gasteiger partial charge on any atom is 0.257 e. The van der Waals surface area contributed by atoms with Crippen molar-refractivity contribution < 1.29 is 9.53 Å². The largest absolute Gasteiger partial charge is 0.497 e. The van der Waals surface area contributed by atoms with E-state index in [9.17, 15) is 4.79 Å². The molecule has 0 spiro atoms. The fourth-order valence-corrected chi connectivity index (χ4v) is 2.52. The van der Waals surface area contributed by atoms with Gasteiger partial charge in [0.1, 0.15) is 5.75 Å². The van der Waals surface area contributed by atoms with Gasteiger partial charge in [0.05, 0.1) is 12.8 Å². The first-order valence-electron chi connectivity index (χ1n) is 6.21. The minimum atomic E-state index is -0.250. The van der Waals surface area contributed by atoms with E-state index in [-0.39, 0.29) is 5.91 Å². The van der Waals surface area contributed by atoms with Crippen LogP contribution in [-0.4, -0.2) is 18.0 Å². The first kappa shape index (κ1) is 14.3. The van der Waals surface area contributed by atoms with Crippen LogP contribution in [0.2, 0.25) is 0 Å². The van der Waals surface area contributed by atoms with Gasteiger partial charge < -0.3 is 10.5 Å². The summed E-state index contributed by atoms with van der Waals surface area (Å²) < 4.78 is 5.10. The van der Waals surface area contributed by atoms with Gasteiger partial charge in [0, 0.05) is 22.7 Å². The first-order chi connectivity index (χ1) is 9.49. The summed E-state index contributed by atoms with van der Waals surface area (Å²) in [6, 6.07) is 4.91. The molecule has 3 N–H and O–H groups in total. The third-order valence-corrected chi connectivity index (χ3v) is 3.54. The average Bonchev–Trinajstić information content (AvgIpc) is 2.86. The van der Waals surface area contributed by atoms with Crippen molar-refractivity contribution in [1.82, 2.24) is 4.98 Å². The Bertz CT molecular complexity index is 623. The highest BCUT2D eigenvalue weighted by Crippen LogP contribution is 2.23. The monoisotopic (exact) mass is 291 g/mol. The van der Waals surface area contributed by atoms with Crippen LogP contribution in [0.25, 0.3) is 0 Å². The predicted molar refractivity (Wildman–Crippen MR) is 81.6 cm³/mol. The van der Waals surface area contributed by atoms with E-state index in [0.717, 1.165) is 5.69 Å². The minimum Gasteiger partial charge on any atom is -0.497 e. The van der Waals surface area contributed by atoms with Gasteiger partial charge in [-0.3, -0.25) is 10.1 Å². The number of nitrogens with zero attached hydrogens (tertiary/aromatic N) is 1. The van der Waals surface area contributed by atoms with E-state index >= 15 is 0 Å². The molecule has 1 aromatic heterocycles. The molecule has 106 valence electrons. The summed E-state index contributed by atoms with van der Waals surface area (Å²) in [5, 5.41) is 5.30. The molecule has 1 aromatic carbocycles. The van der Waals surface area contributed by atoms with Crippen molar-refractivity contribution in [2.45, 2.75) is 19.8 Å². The topological polar surface area (TPSA) is 77.2 Å². The molecule has 6 heteroatoms. The summed E-state index contributed by atoms with van der Waals surface area (Å²) in [6.07, 6.45) is 0. The number of hydrogen-bond acceptors (Lipinski definition) is 5. The standard InChI is InChI=1S/C14H17N3O2S/c1-8(2)12-7-20-14(16-12)17-13(18)9-4-10(15)6-11(5-9)19-3/h4-8H,15H2,1-3H3,(H,16,17,18). The molecule has 20 heavy (non-hydrogen) atoms. The van der Waals surface area contributed by atoms with Crippen LogP contribution in [0.15, 0.2) is 23.6 Å². The van der Waals surface area contributed by atoms with Gasteiger partial charge in [0.15, 0.2) is 5.13 Å². The van der Waals surface area contributed by atoms with Crippen molar-refractivity contribution in [1.29, 1.82) is 0 Å². The van der Waals surface area contributed by atoms with Crippen molar-refractivity contribution in [2.75, 3.05) is 18.2 Å². The zero-order chi connectivity index (χ0) is 14.7. The highest BCUT2D eigenvalue weighted by Gasteiger charge is 2.12. The Morgan fingerprint density at radius 3 is 2.75 bits per heavy atom. The molecule has 0 fully saturated rings. The van der Waals surface area contributed by atoms with Gasteiger partial charge in [-0.1, -0.05) is 13.8 Å². The average molecular weight is 291 g/mol. The Balaban J connectivity index is 2.16. The zero-order valence-corrected chi connectivity index (χ0v) is 12.5. The van der Waals surface area contributed by atoms with Gasteiger partial charge in [0.25, 0.3) is 5.91 Å². The molecule has 0 unspecified atom stereocenters. The van der Waals surface area contributed by atoms with E-state index in [0.29, 0.717) is 28.0 Å². The number of anilines is 2. The maximum absolute atomic E-state index is 12.2. The Morgan fingerprint density at radius 1 is 1.40 bits per heavy atom. The number of benzene rings is 1.